The second-order valence-electron chi connectivity index (χ2n) is 8.27. The van der Waals surface area contributed by atoms with Crippen LogP contribution in [0.3, 0.4) is 0 Å². The molecule has 2 amide bonds. The zero-order chi connectivity index (χ0) is 21.0. The number of fused-ring (bicyclic) bond motifs is 1. The van der Waals surface area contributed by atoms with Crippen molar-refractivity contribution in [3.63, 3.8) is 0 Å². The largest absolute Gasteiger partial charge is 0.352 e. The number of nitrogens with one attached hydrogen (secondary N) is 2. The zero-order valence-corrected chi connectivity index (χ0v) is 17.5. The minimum atomic E-state index is -0.296. The quantitative estimate of drug-likeness (QED) is 0.676. The maximum atomic E-state index is 12.5. The molecule has 6 nitrogen and oxygen atoms in total. The smallest absolute Gasteiger partial charge is 0.251 e. The Kier molecular flexibility index (Phi) is 6.01. The van der Waals surface area contributed by atoms with Gasteiger partial charge in [0.25, 0.3) is 5.91 Å². The Morgan fingerprint density at radius 1 is 1.03 bits per heavy atom. The zero-order valence-electron chi connectivity index (χ0n) is 17.5. The number of carbonyl (C=O) groups is 2. The van der Waals surface area contributed by atoms with Gasteiger partial charge in [0, 0.05) is 24.1 Å². The summed E-state index contributed by atoms with van der Waals surface area (Å²) in [6, 6.07) is 15.2. The number of hydrogen-bond donors (Lipinski definition) is 2. The lowest BCUT2D eigenvalue weighted by atomic mass is 10.1. The number of nitrogens with zero attached hydrogens (tertiary/aromatic N) is 2. The van der Waals surface area contributed by atoms with Crippen molar-refractivity contribution in [2.24, 2.45) is 0 Å². The highest BCUT2D eigenvalue weighted by Crippen LogP contribution is 2.16. The third kappa shape index (κ3) is 5.44. The molecule has 2 aromatic carbocycles. The molecule has 3 aromatic rings. The Bertz CT molecular complexity index is 1010. The molecule has 0 bridgehead atoms. The van der Waals surface area contributed by atoms with E-state index in [1.54, 1.807) is 0 Å². The Balaban J connectivity index is 1.72. The third-order valence-corrected chi connectivity index (χ3v) is 4.50. The molecule has 1 heterocycles. The number of imidazole rings is 1. The molecule has 3 rings (SSSR count). The third-order valence-electron chi connectivity index (χ3n) is 4.50. The number of benzene rings is 2. The molecule has 6 heteroatoms. The highest BCUT2D eigenvalue weighted by atomic mass is 16.2. The second kappa shape index (κ2) is 8.47. The maximum absolute atomic E-state index is 12.5. The number of rotatable bonds is 6. The van der Waals surface area contributed by atoms with Gasteiger partial charge in [-0.25, -0.2) is 4.98 Å². The van der Waals surface area contributed by atoms with E-state index in [4.69, 9.17) is 0 Å². The minimum Gasteiger partial charge on any atom is -0.352 e. The van der Waals surface area contributed by atoms with Gasteiger partial charge in [0.15, 0.2) is 0 Å². The van der Waals surface area contributed by atoms with Crippen LogP contribution in [-0.4, -0.2) is 33.4 Å². The summed E-state index contributed by atoms with van der Waals surface area (Å²) >= 11 is 0. The highest BCUT2D eigenvalue weighted by molar-refractivity contribution is 5.94. The molecule has 0 unspecified atom stereocenters. The number of aromatic nitrogens is 2. The number of para-hydroxylation sites is 2. The lowest BCUT2D eigenvalue weighted by molar-refractivity contribution is -0.123. The van der Waals surface area contributed by atoms with E-state index in [1.165, 1.54) is 0 Å². The van der Waals surface area contributed by atoms with Gasteiger partial charge in [-0.3, -0.25) is 9.59 Å². The Morgan fingerprint density at radius 3 is 2.41 bits per heavy atom. The summed E-state index contributed by atoms with van der Waals surface area (Å²) in [6.07, 6.45) is 0.537. The van der Waals surface area contributed by atoms with E-state index >= 15 is 0 Å². The van der Waals surface area contributed by atoms with Crippen molar-refractivity contribution in [1.82, 2.24) is 20.2 Å². The van der Waals surface area contributed by atoms with E-state index in [0.29, 0.717) is 18.5 Å². The first-order chi connectivity index (χ1) is 13.7. The molecule has 0 spiro atoms. The maximum Gasteiger partial charge on any atom is 0.251 e. The molecule has 0 aliphatic rings. The summed E-state index contributed by atoms with van der Waals surface area (Å²) in [5.74, 6) is 0.600. The van der Waals surface area contributed by atoms with E-state index in [9.17, 15) is 9.59 Å². The summed E-state index contributed by atoms with van der Waals surface area (Å²) < 4.78 is 1.93. The van der Waals surface area contributed by atoms with Crippen LogP contribution < -0.4 is 10.6 Å². The fraction of sp³-hybridized carbons (Fsp3) is 0.348. The van der Waals surface area contributed by atoms with E-state index in [1.807, 2.05) is 80.8 Å². The molecule has 0 saturated heterocycles. The van der Waals surface area contributed by atoms with Crippen molar-refractivity contribution >= 4 is 22.8 Å². The van der Waals surface area contributed by atoms with Crippen molar-refractivity contribution in [1.29, 1.82) is 0 Å². The molecule has 0 fully saturated rings. The van der Waals surface area contributed by atoms with Gasteiger partial charge in [-0.2, -0.15) is 0 Å². The summed E-state index contributed by atoms with van der Waals surface area (Å²) in [6.45, 7) is 8.49. The molecule has 0 radical (unpaired) electrons. The first-order valence-electron chi connectivity index (χ1n) is 9.83. The summed E-state index contributed by atoms with van der Waals surface area (Å²) in [4.78, 5) is 29.5. The molecule has 29 heavy (non-hydrogen) atoms. The normalized spacial score (nSPS) is 11.4. The SMILES string of the molecule is Cc1ccc(C(=O)NCCc2nc3ccccc3n2CC(=O)NC(C)(C)C)cc1. The molecule has 0 aliphatic carbocycles. The predicted octanol–water partition coefficient (Wildman–Crippen LogP) is 3.23. The summed E-state index contributed by atoms with van der Waals surface area (Å²) in [5, 5.41) is 5.93. The standard InChI is InChI=1S/C23H28N4O2/c1-16-9-11-17(12-10-16)22(29)24-14-13-20-25-18-7-5-6-8-19(18)27(20)15-21(28)26-23(2,3)4/h5-12H,13-15H2,1-4H3,(H,24,29)(H,26,28). The lowest BCUT2D eigenvalue weighted by Crippen LogP contribution is -2.42. The van der Waals surface area contributed by atoms with Crippen LogP contribution in [0.25, 0.3) is 11.0 Å². The van der Waals surface area contributed by atoms with Crippen LogP contribution in [0, 0.1) is 6.92 Å². The minimum absolute atomic E-state index is 0.0643. The summed E-state index contributed by atoms with van der Waals surface area (Å²) in [5.41, 5.74) is 3.21. The van der Waals surface area contributed by atoms with Crippen LogP contribution in [0.1, 0.15) is 42.5 Å². The topological polar surface area (TPSA) is 76.0 Å². The predicted molar refractivity (Wildman–Crippen MR) is 115 cm³/mol. The molecule has 0 atom stereocenters. The number of amides is 2. The van der Waals surface area contributed by atoms with Gasteiger partial charge in [0.2, 0.25) is 5.91 Å². The van der Waals surface area contributed by atoms with E-state index in [0.717, 1.165) is 22.4 Å². The number of hydrogen-bond acceptors (Lipinski definition) is 3. The highest BCUT2D eigenvalue weighted by Gasteiger charge is 2.17. The van der Waals surface area contributed by atoms with Gasteiger partial charge in [-0.05, 0) is 52.0 Å². The van der Waals surface area contributed by atoms with Crippen molar-refractivity contribution in [2.45, 2.75) is 46.2 Å². The fourth-order valence-corrected chi connectivity index (χ4v) is 3.19. The van der Waals surface area contributed by atoms with Crippen molar-refractivity contribution in [3.05, 3.63) is 65.5 Å². The van der Waals surface area contributed by atoms with Gasteiger partial charge in [0.1, 0.15) is 12.4 Å². The molecule has 2 N–H and O–H groups in total. The lowest BCUT2D eigenvalue weighted by Gasteiger charge is -2.21. The number of carbonyl (C=O) groups excluding carboxylic acids is 2. The summed E-state index contributed by atoms with van der Waals surface area (Å²) in [7, 11) is 0. The van der Waals surface area contributed by atoms with Crippen molar-refractivity contribution in [2.75, 3.05) is 6.54 Å². The van der Waals surface area contributed by atoms with Gasteiger partial charge < -0.3 is 15.2 Å². The van der Waals surface area contributed by atoms with Crippen molar-refractivity contribution < 1.29 is 9.59 Å². The first kappa shape index (κ1) is 20.6. The molecule has 152 valence electrons. The van der Waals surface area contributed by atoms with E-state index in [2.05, 4.69) is 15.6 Å². The fourth-order valence-electron chi connectivity index (χ4n) is 3.19. The van der Waals surface area contributed by atoms with Crippen LogP contribution in [0.2, 0.25) is 0 Å². The van der Waals surface area contributed by atoms with Gasteiger partial charge >= 0.3 is 0 Å². The molecule has 0 saturated carbocycles. The monoisotopic (exact) mass is 392 g/mol. The van der Waals surface area contributed by atoms with Crippen LogP contribution in [0.4, 0.5) is 0 Å². The van der Waals surface area contributed by atoms with Gasteiger partial charge in [0.05, 0.1) is 11.0 Å². The van der Waals surface area contributed by atoms with E-state index in [-0.39, 0.29) is 23.9 Å². The van der Waals surface area contributed by atoms with E-state index < -0.39 is 0 Å². The van der Waals surface area contributed by atoms with Gasteiger partial charge in [-0.15, -0.1) is 0 Å². The molecule has 0 aliphatic heterocycles. The molecule has 1 aromatic heterocycles. The average Bonchev–Trinajstić information content (AvgIpc) is 2.98. The van der Waals surface area contributed by atoms with Crippen LogP contribution >= 0.6 is 0 Å². The molecular weight excluding hydrogens is 364 g/mol. The van der Waals surface area contributed by atoms with Crippen molar-refractivity contribution in [3.8, 4) is 0 Å². The van der Waals surface area contributed by atoms with Gasteiger partial charge in [-0.1, -0.05) is 29.8 Å². The van der Waals surface area contributed by atoms with Crippen LogP contribution in [0.15, 0.2) is 48.5 Å². The Morgan fingerprint density at radius 2 is 1.72 bits per heavy atom. The average molecular weight is 393 g/mol. The Hall–Kier alpha value is -3.15. The number of aryl methyl sites for hydroxylation is 1. The second-order valence-corrected chi connectivity index (χ2v) is 8.27. The Labute approximate surface area is 171 Å². The van der Waals surface area contributed by atoms with Crippen LogP contribution in [-0.2, 0) is 17.8 Å². The van der Waals surface area contributed by atoms with Crippen LogP contribution in [0.5, 0.6) is 0 Å². The first-order valence-corrected chi connectivity index (χ1v) is 9.83. The molecular formula is C23H28N4O2.